The zero-order valence-corrected chi connectivity index (χ0v) is 13.2. The Labute approximate surface area is 137 Å². The average Bonchev–Trinajstić information content (AvgIpc) is 3.20. The summed E-state index contributed by atoms with van der Waals surface area (Å²) in [5.41, 5.74) is 4.19. The molecule has 1 aromatic carbocycles. The molecule has 1 aliphatic rings. The molecule has 1 amide bonds. The Hall–Kier alpha value is -2.96. The van der Waals surface area contributed by atoms with E-state index in [4.69, 9.17) is 0 Å². The van der Waals surface area contributed by atoms with Gasteiger partial charge < -0.3 is 4.90 Å². The van der Waals surface area contributed by atoms with Crippen LogP contribution in [0, 0.1) is 5.82 Å². The lowest BCUT2D eigenvalue weighted by Gasteiger charge is -2.27. The van der Waals surface area contributed by atoms with Crippen LogP contribution in [0.2, 0.25) is 0 Å². The molecule has 7 heteroatoms. The lowest BCUT2D eigenvalue weighted by Crippen LogP contribution is -2.36. The maximum absolute atomic E-state index is 13.1. The van der Waals surface area contributed by atoms with Crippen LogP contribution in [0.5, 0.6) is 0 Å². The molecule has 0 aliphatic carbocycles. The van der Waals surface area contributed by atoms with Crippen LogP contribution in [0.25, 0.3) is 11.3 Å². The van der Waals surface area contributed by atoms with E-state index >= 15 is 0 Å². The van der Waals surface area contributed by atoms with Crippen molar-refractivity contribution in [1.29, 1.82) is 0 Å². The fraction of sp³-hybridized carbons (Fsp3) is 0.235. The predicted octanol–water partition coefficient (Wildman–Crippen LogP) is 2.15. The molecule has 0 saturated carbocycles. The van der Waals surface area contributed by atoms with Crippen molar-refractivity contribution in [2.24, 2.45) is 7.05 Å². The number of nitrogens with zero attached hydrogens (tertiary/aromatic N) is 4. The zero-order valence-electron chi connectivity index (χ0n) is 13.2. The number of halogens is 1. The van der Waals surface area contributed by atoms with Crippen LogP contribution in [0.15, 0.2) is 36.5 Å². The number of hydrogen-bond donors (Lipinski definition) is 1. The van der Waals surface area contributed by atoms with Gasteiger partial charge in [-0.3, -0.25) is 14.6 Å². The van der Waals surface area contributed by atoms with E-state index in [1.54, 1.807) is 41.0 Å². The van der Waals surface area contributed by atoms with E-state index in [1.807, 2.05) is 0 Å². The average molecular weight is 325 g/mol. The third kappa shape index (κ3) is 2.38. The molecule has 24 heavy (non-hydrogen) atoms. The molecule has 3 aromatic rings. The Morgan fingerprint density at radius 1 is 1.25 bits per heavy atom. The fourth-order valence-corrected chi connectivity index (χ4v) is 3.06. The minimum absolute atomic E-state index is 0.0492. The first-order chi connectivity index (χ1) is 11.6. The standard InChI is InChI=1S/C17H16FN5O/c1-22-15(6-8-19-22)17(24)23-9-7-14-13(10-23)16(21-20-14)11-2-4-12(18)5-3-11/h2-6,8H,7,9-10H2,1H3,(H,20,21). The summed E-state index contributed by atoms with van der Waals surface area (Å²) in [6, 6.07) is 7.95. The maximum Gasteiger partial charge on any atom is 0.272 e. The number of aryl methyl sites for hydroxylation is 1. The van der Waals surface area contributed by atoms with Crippen LogP contribution in [0.4, 0.5) is 4.39 Å². The molecule has 0 radical (unpaired) electrons. The van der Waals surface area contributed by atoms with Crippen molar-refractivity contribution in [1.82, 2.24) is 24.9 Å². The summed E-state index contributed by atoms with van der Waals surface area (Å²) in [7, 11) is 1.75. The second kappa shape index (κ2) is 5.59. The number of benzene rings is 1. The number of hydrogen-bond acceptors (Lipinski definition) is 3. The summed E-state index contributed by atoms with van der Waals surface area (Å²) >= 11 is 0. The molecule has 0 bridgehead atoms. The second-order valence-electron chi connectivity index (χ2n) is 5.85. The van der Waals surface area contributed by atoms with Crippen LogP contribution >= 0.6 is 0 Å². The van der Waals surface area contributed by atoms with E-state index in [-0.39, 0.29) is 11.7 Å². The lowest BCUT2D eigenvalue weighted by molar-refractivity contribution is 0.0723. The molecular formula is C17H16FN5O. The topological polar surface area (TPSA) is 66.8 Å². The van der Waals surface area contributed by atoms with Gasteiger partial charge in [-0.15, -0.1) is 0 Å². The van der Waals surface area contributed by atoms with E-state index in [0.29, 0.717) is 25.2 Å². The largest absolute Gasteiger partial charge is 0.332 e. The molecule has 4 rings (SSSR count). The normalized spacial score (nSPS) is 13.8. The molecule has 6 nitrogen and oxygen atoms in total. The van der Waals surface area contributed by atoms with Crippen molar-refractivity contribution in [3.05, 3.63) is 59.3 Å². The van der Waals surface area contributed by atoms with E-state index in [1.165, 1.54) is 12.1 Å². The Morgan fingerprint density at radius 2 is 2.04 bits per heavy atom. The molecule has 0 atom stereocenters. The number of carbonyl (C=O) groups is 1. The van der Waals surface area contributed by atoms with Gasteiger partial charge in [0.05, 0.1) is 12.2 Å². The van der Waals surface area contributed by atoms with E-state index < -0.39 is 0 Å². The van der Waals surface area contributed by atoms with Crippen molar-refractivity contribution in [2.75, 3.05) is 6.54 Å². The summed E-state index contributed by atoms with van der Waals surface area (Å²) < 4.78 is 14.7. The second-order valence-corrected chi connectivity index (χ2v) is 5.85. The van der Waals surface area contributed by atoms with E-state index in [2.05, 4.69) is 15.3 Å². The number of carbonyl (C=O) groups excluding carboxylic acids is 1. The maximum atomic E-state index is 13.1. The van der Waals surface area contributed by atoms with Gasteiger partial charge in [-0.1, -0.05) is 0 Å². The minimum Gasteiger partial charge on any atom is -0.332 e. The summed E-state index contributed by atoms with van der Waals surface area (Å²) in [5, 5.41) is 11.5. The van der Waals surface area contributed by atoms with Crippen LogP contribution in [-0.4, -0.2) is 37.3 Å². The number of H-pyrrole nitrogens is 1. The Balaban J connectivity index is 1.65. The minimum atomic E-state index is -0.281. The number of amides is 1. The summed E-state index contributed by atoms with van der Waals surface area (Å²) in [6.07, 6.45) is 2.33. The highest BCUT2D eigenvalue weighted by atomic mass is 19.1. The molecule has 0 spiro atoms. The molecule has 122 valence electrons. The number of nitrogens with one attached hydrogen (secondary N) is 1. The molecule has 1 aliphatic heterocycles. The summed E-state index contributed by atoms with van der Waals surface area (Å²) in [5.74, 6) is -0.330. The Bertz CT molecular complexity index is 896. The number of fused-ring (bicyclic) bond motifs is 1. The zero-order chi connectivity index (χ0) is 16.7. The monoisotopic (exact) mass is 325 g/mol. The van der Waals surface area contributed by atoms with Crippen LogP contribution in [0.1, 0.15) is 21.7 Å². The Kier molecular flexibility index (Phi) is 3.41. The molecule has 0 fully saturated rings. The van der Waals surface area contributed by atoms with E-state index in [0.717, 1.165) is 22.5 Å². The van der Waals surface area contributed by atoms with Crippen LogP contribution in [0.3, 0.4) is 0 Å². The van der Waals surface area contributed by atoms with Gasteiger partial charge in [-0.2, -0.15) is 10.2 Å². The highest BCUT2D eigenvalue weighted by molar-refractivity contribution is 5.92. The van der Waals surface area contributed by atoms with Crippen molar-refractivity contribution in [3.8, 4) is 11.3 Å². The number of aromatic nitrogens is 4. The van der Waals surface area contributed by atoms with Gasteiger partial charge in [0.2, 0.25) is 0 Å². The molecule has 0 unspecified atom stereocenters. The fourth-order valence-electron chi connectivity index (χ4n) is 3.06. The van der Waals surface area contributed by atoms with Crippen LogP contribution < -0.4 is 0 Å². The third-order valence-electron chi connectivity index (χ3n) is 4.38. The first-order valence-corrected chi connectivity index (χ1v) is 7.73. The summed E-state index contributed by atoms with van der Waals surface area (Å²) in [4.78, 5) is 14.5. The van der Waals surface area contributed by atoms with Crippen molar-refractivity contribution in [3.63, 3.8) is 0 Å². The van der Waals surface area contributed by atoms with Crippen molar-refractivity contribution < 1.29 is 9.18 Å². The van der Waals surface area contributed by atoms with Crippen molar-refractivity contribution in [2.45, 2.75) is 13.0 Å². The van der Waals surface area contributed by atoms with Gasteiger partial charge in [0.25, 0.3) is 5.91 Å². The van der Waals surface area contributed by atoms with Gasteiger partial charge >= 0.3 is 0 Å². The van der Waals surface area contributed by atoms with Gasteiger partial charge in [0, 0.05) is 43.0 Å². The number of rotatable bonds is 2. The van der Waals surface area contributed by atoms with Gasteiger partial charge in [-0.05, 0) is 30.3 Å². The Morgan fingerprint density at radius 3 is 2.75 bits per heavy atom. The SMILES string of the molecule is Cn1nccc1C(=O)N1CCc2[nH]nc(-c3ccc(F)cc3)c2C1. The van der Waals surface area contributed by atoms with Gasteiger partial charge in [0.1, 0.15) is 11.5 Å². The lowest BCUT2D eigenvalue weighted by atomic mass is 10.0. The first kappa shape index (κ1) is 14.6. The van der Waals surface area contributed by atoms with Gasteiger partial charge in [0.15, 0.2) is 0 Å². The van der Waals surface area contributed by atoms with Crippen LogP contribution in [-0.2, 0) is 20.0 Å². The van der Waals surface area contributed by atoms with E-state index in [9.17, 15) is 9.18 Å². The molecule has 1 N–H and O–H groups in total. The number of aromatic amines is 1. The molecule has 0 saturated heterocycles. The third-order valence-corrected chi connectivity index (χ3v) is 4.38. The highest BCUT2D eigenvalue weighted by Crippen LogP contribution is 2.29. The van der Waals surface area contributed by atoms with Gasteiger partial charge in [-0.25, -0.2) is 4.39 Å². The predicted molar refractivity (Wildman–Crippen MR) is 85.6 cm³/mol. The van der Waals surface area contributed by atoms with Crippen molar-refractivity contribution >= 4 is 5.91 Å². The summed E-state index contributed by atoms with van der Waals surface area (Å²) in [6.45, 7) is 1.10. The highest BCUT2D eigenvalue weighted by Gasteiger charge is 2.27. The molecule has 3 heterocycles. The smallest absolute Gasteiger partial charge is 0.272 e. The quantitative estimate of drug-likeness (QED) is 0.785. The molecule has 2 aromatic heterocycles. The first-order valence-electron chi connectivity index (χ1n) is 7.73. The molecular weight excluding hydrogens is 309 g/mol.